The number of carbonyl (C=O) groups excluding carboxylic acids is 1. The zero-order valence-corrected chi connectivity index (χ0v) is 11.9. The molecule has 1 heterocycles. The van der Waals surface area contributed by atoms with Gasteiger partial charge in [0.05, 0.1) is 12.8 Å². The number of nitrogens with zero attached hydrogens (tertiary/aromatic N) is 2. The van der Waals surface area contributed by atoms with Crippen LogP contribution in [0.1, 0.15) is 30.3 Å². The van der Waals surface area contributed by atoms with Gasteiger partial charge in [-0.15, -0.1) is 0 Å². The fraction of sp³-hybridized carbons (Fsp3) is 0.692. The van der Waals surface area contributed by atoms with Crippen molar-refractivity contribution in [1.29, 1.82) is 0 Å². The largest absolute Gasteiger partial charge is 0.468 e. The van der Waals surface area contributed by atoms with Gasteiger partial charge in [-0.05, 0) is 32.3 Å². The summed E-state index contributed by atoms with van der Waals surface area (Å²) in [6.45, 7) is 6.79. The van der Waals surface area contributed by atoms with Gasteiger partial charge < -0.3 is 10.1 Å². The Morgan fingerprint density at radius 1 is 1.50 bits per heavy atom. The maximum Gasteiger partial charge on any atom is 0.322 e. The van der Waals surface area contributed by atoms with Gasteiger partial charge in [0.2, 0.25) is 0 Å². The van der Waals surface area contributed by atoms with Gasteiger partial charge in [-0.2, -0.15) is 5.10 Å². The third kappa shape index (κ3) is 3.32. The van der Waals surface area contributed by atoms with Gasteiger partial charge in [0.1, 0.15) is 6.04 Å². The van der Waals surface area contributed by atoms with Crippen molar-refractivity contribution < 1.29 is 9.53 Å². The molecule has 102 valence electrons. The summed E-state index contributed by atoms with van der Waals surface area (Å²) in [5.41, 5.74) is 3.49. The van der Waals surface area contributed by atoms with Gasteiger partial charge in [0.15, 0.2) is 0 Å². The monoisotopic (exact) mass is 253 g/mol. The average Bonchev–Trinajstić information content (AvgIpc) is 2.59. The Kier molecular flexibility index (Phi) is 5.34. The van der Waals surface area contributed by atoms with Crippen molar-refractivity contribution in [3.8, 4) is 0 Å². The predicted molar refractivity (Wildman–Crippen MR) is 70.5 cm³/mol. The van der Waals surface area contributed by atoms with Crippen LogP contribution in [0.25, 0.3) is 0 Å². The number of rotatable bonds is 6. The maximum absolute atomic E-state index is 11.4. The quantitative estimate of drug-likeness (QED) is 0.772. The zero-order valence-electron chi connectivity index (χ0n) is 11.9. The maximum atomic E-state index is 11.4. The lowest BCUT2D eigenvalue weighted by Gasteiger charge is -2.14. The van der Waals surface area contributed by atoms with Crippen LogP contribution in [0.15, 0.2) is 0 Å². The molecule has 1 atom stereocenters. The predicted octanol–water partition coefficient (Wildman–Crippen LogP) is 1.12. The number of ether oxygens (including phenoxy) is 1. The third-order valence-corrected chi connectivity index (χ3v) is 3.32. The van der Waals surface area contributed by atoms with Crippen molar-refractivity contribution in [2.45, 2.75) is 39.7 Å². The van der Waals surface area contributed by atoms with Crippen LogP contribution in [0, 0.1) is 13.8 Å². The van der Waals surface area contributed by atoms with Gasteiger partial charge in [-0.1, -0.05) is 6.92 Å². The highest BCUT2D eigenvalue weighted by Gasteiger charge is 2.16. The number of hydrogen-bond donors (Lipinski definition) is 1. The molecule has 0 spiro atoms. The van der Waals surface area contributed by atoms with Crippen LogP contribution < -0.4 is 5.32 Å². The Labute approximate surface area is 109 Å². The molecule has 0 unspecified atom stereocenters. The van der Waals surface area contributed by atoms with E-state index in [4.69, 9.17) is 4.74 Å². The molecule has 1 aromatic rings. The minimum atomic E-state index is -0.215. The average molecular weight is 253 g/mol. The highest BCUT2D eigenvalue weighted by molar-refractivity contribution is 5.75. The third-order valence-electron chi connectivity index (χ3n) is 3.32. The molecular weight excluding hydrogens is 230 g/mol. The summed E-state index contributed by atoms with van der Waals surface area (Å²) in [7, 11) is 3.37. The van der Waals surface area contributed by atoms with E-state index in [-0.39, 0.29) is 12.0 Å². The van der Waals surface area contributed by atoms with Crippen molar-refractivity contribution >= 4 is 5.97 Å². The summed E-state index contributed by atoms with van der Waals surface area (Å²) in [4.78, 5) is 11.4. The number of carbonyl (C=O) groups is 1. The number of aryl methyl sites for hydroxylation is 2. The Bertz CT molecular complexity index is 413. The summed E-state index contributed by atoms with van der Waals surface area (Å²) < 4.78 is 6.63. The summed E-state index contributed by atoms with van der Waals surface area (Å²) in [5, 5.41) is 7.60. The van der Waals surface area contributed by atoms with E-state index in [0.29, 0.717) is 0 Å². The highest BCUT2D eigenvalue weighted by Crippen LogP contribution is 2.12. The lowest BCUT2D eigenvalue weighted by atomic mass is 10.1. The van der Waals surface area contributed by atoms with E-state index in [9.17, 15) is 4.79 Å². The van der Waals surface area contributed by atoms with Crippen LogP contribution in [-0.2, 0) is 23.0 Å². The smallest absolute Gasteiger partial charge is 0.322 e. The van der Waals surface area contributed by atoms with Crippen LogP contribution in [0.4, 0.5) is 0 Å². The number of esters is 1. The molecule has 1 N–H and O–H groups in total. The van der Waals surface area contributed by atoms with E-state index in [1.165, 1.54) is 18.4 Å². The Morgan fingerprint density at radius 2 is 2.17 bits per heavy atom. The molecule has 0 saturated heterocycles. The Balaban J connectivity index is 2.53. The number of aromatic nitrogens is 2. The minimum absolute atomic E-state index is 0.197. The Morgan fingerprint density at radius 3 is 2.61 bits per heavy atom. The number of hydrogen-bond acceptors (Lipinski definition) is 4. The topological polar surface area (TPSA) is 56.2 Å². The van der Waals surface area contributed by atoms with E-state index in [1.807, 2.05) is 25.6 Å². The van der Waals surface area contributed by atoms with Crippen LogP contribution in [0.2, 0.25) is 0 Å². The van der Waals surface area contributed by atoms with Crippen molar-refractivity contribution in [2.75, 3.05) is 13.7 Å². The van der Waals surface area contributed by atoms with Gasteiger partial charge in [0.25, 0.3) is 0 Å². The summed E-state index contributed by atoms with van der Waals surface area (Å²) >= 11 is 0. The highest BCUT2D eigenvalue weighted by atomic mass is 16.5. The van der Waals surface area contributed by atoms with Crippen LogP contribution in [0.3, 0.4) is 0 Å². The van der Waals surface area contributed by atoms with Gasteiger partial charge in [0, 0.05) is 19.3 Å². The van der Waals surface area contributed by atoms with Gasteiger partial charge >= 0.3 is 5.97 Å². The molecule has 0 aliphatic rings. The normalized spacial score (nSPS) is 12.5. The molecule has 0 aliphatic heterocycles. The molecule has 0 radical (unpaired) electrons. The van der Waals surface area contributed by atoms with E-state index in [2.05, 4.69) is 17.3 Å². The first-order valence-electron chi connectivity index (χ1n) is 6.31. The van der Waals surface area contributed by atoms with Crippen LogP contribution in [-0.4, -0.2) is 35.4 Å². The molecule has 0 bridgehead atoms. The second kappa shape index (κ2) is 6.54. The molecular formula is C13H23N3O2. The van der Waals surface area contributed by atoms with E-state index < -0.39 is 0 Å². The first kappa shape index (κ1) is 14.7. The molecule has 0 fully saturated rings. The fourth-order valence-electron chi connectivity index (χ4n) is 2.09. The van der Waals surface area contributed by atoms with E-state index >= 15 is 0 Å². The number of nitrogens with one attached hydrogen (secondary N) is 1. The molecule has 5 heteroatoms. The molecule has 5 nitrogen and oxygen atoms in total. The van der Waals surface area contributed by atoms with Crippen molar-refractivity contribution in [1.82, 2.24) is 15.1 Å². The fourth-order valence-corrected chi connectivity index (χ4v) is 2.09. The first-order valence-corrected chi connectivity index (χ1v) is 6.31. The van der Waals surface area contributed by atoms with Crippen LogP contribution >= 0.6 is 0 Å². The molecule has 1 aromatic heterocycles. The molecule has 0 aromatic carbocycles. The molecule has 1 rings (SSSR count). The SMILES string of the molecule is CC[C@H](NCCc1c(C)nn(C)c1C)C(=O)OC. The molecule has 0 aliphatic carbocycles. The summed E-state index contributed by atoms with van der Waals surface area (Å²) in [6, 6.07) is -0.215. The van der Waals surface area contributed by atoms with Gasteiger partial charge in [-0.25, -0.2) is 0 Å². The Hall–Kier alpha value is -1.36. The van der Waals surface area contributed by atoms with Crippen molar-refractivity contribution in [2.24, 2.45) is 7.05 Å². The van der Waals surface area contributed by atoms with Crippen molar-refractivity contribution in [3.63, 3.8) is 0 Å². The van der Waals surface area contributed by atoms with Gasteiger partial charge in [-0.3, -0.25) is 9.48 Å². The lowest BCUT2D eigenvalue weighted by molar-refractivity contribution is -0.143. The van der Waals surface area contributed by atoms with Crippen molar-refractivity contribution in [3.05, 3.63) is 17.0 Å². The minimum Gasteiger partial charge on any atom is -0.468 e. The van der Waals surface area contributed by atoms with E-state index in [0.717, 1.165) is 25.1 Å². The zero-order chi connectivity index (χ0) is 13.7. The molecule has 0 saturated carbocycles. The second-order valence-corrected chi connectivity index (χ2v) is 4.46. The van der Waals surface area contributed by atoms with E-state index in [1.54, 1.807) is 0 Å². The molecule has 0 amide bonds. The summed E-state index contributed by atoms with van der Waals surface area (Å²) in [5.74, 6) is -0.197. The molecule has 18 heavy (non-hydrogen) atoms. The standard InChI is InChI=1S/C13H23N3O2/c1-6-12(13(17)18-5)14-8-7-11-9(2)15-16(4)10(11)3/h12,14H,6-8H2,1-5H3/t12-/m0/s1. The first-order chi connectivity index (χ1) is 8.51. The van der Waals surface area contributed by atoms with Crippen LogP contribution in [0.5, 0.6) is 0 Å². The lowest BCUT2D eigenvalue weighted by Crippen LogP contribution is -2.38. The second-order valence-electron chi connectivity index (χ2n) is 4.46. The summed E-state index contributed by atoms with van der Waals surface area (Å²) in [6.07, 6.45) is 1.61. The number of methoxy groups -OCH3 is 1.